The Morgan fingerprint density at radius 3 is 2.88 bits per heavy atom. The fourth-order valence-electron chi connectivity index (χ4n) is 1.73. The summed E-state index contributed by atoms with van der Waals surface area (Å²) in [5.74, 6) is 1.03. The van der Waals surface area contributed by atoms with Crippen molar-refractivity contribution in [3.8, 4) is 0 Å². The van der Waals surface area contributed by atoms with Gasteiger partial charge in [-0.25, -0.2) is 4.98 Å². The zero-order valence-electron chi connectivity index (χ0n) is 11.1. The van der Waals surface area contributed by atoms with E-state index in [1.807, 2.05) is 11.6 Å². The van der Waals surface area contributed by atoms with Crippen molar-refractivity contribution in [2.24, 2.45) is 0 Å². The molecule has 1 unspecified atom stereocenters. The van der Waals surface area contributed by atoms with E-state index in [0.29, 0.717) is 6.04 Å². The Balaban J connectivity index is 2.51. The van der Waals surface area contributed by atoms with Gasteiger partial charge in [0.15, 0.2) is 0 Å². The molecule has 5 nitrogen and oxygen atoms in total. The summed E-state index contributed by atoms with van der Waals surface area (Å²) in [6.07, 6.45) is 3.62. The van der Waals surface area contributed by atoms with Gasteiger partial charge in [0.2, 0.25) is 0 Å². The van der Waals surface area contributed by atoms with Gasteiger partial charge in [-0.3, -0.25) is 4.68 Å². The van der Waals surface area contributed by atoms with Gasteiger partial charge in [0, 0.05) is 25.6 Å². The molecule has 0 spiro atoms. The van der Waals surface area contributed by atoms with Crippen LogP contribution in [0.5, 0.6) is 0 Å². The van der Waals surface area contributed by atoms with Crippen LogP contribution in [0.4, 0.5) is 0 Å². The average Bonchev–Trinajstić information content (AvgIpc) is 2.79. The highest BCUT2D eigenvalue weighted by Crippen LogP contribution is 2.01. The van der Waals surface area contributed by atoms with Crippen molar-refractivity contribution >= 4 is 0 Å². The Morgan fingerprint density at radius 2 is 2.24 bits per heavy atom. The van der Waals surface area contributed by atoms with Gasteiger partial charge in [0.05, 0.1) is 6.61 Å². The summed E-state index contributed by atoms with van der Waals surface area (Å²) in [4.78, 5) is 4.30. The summed E-state index contributed by atoms with van der Waals surface area (Å²) in [6.45, 7) is 9.63. The molecule has 5 heteroatoms. The van der Waals surface area contributed by atoms with Crippen molar-refractivity contribution in [2.75, 3.05) is 19.8 Å². The molecule has 0 aliphatic carbocycles. The summed E-state index contributed by atoms with van der Waals surface area (Å²) in [6, 6.07) is 0.324. The summed E-state index contributed by atoms with van der Waals surface area (Å²) in [7, 11) is 0. The molecular formula is C12H24N4O. The van der Waals surface area contributed by atoms with Gasteiger partial charge >= 0.3 is 0 Å². The molecule has 0 aliphatic heterocycles. The van der Waals surface area contributed by atoms with Gasteiger partial charge < -0.3 is 10.1 Å². The minimum Gasteiger partial charge on any atom is -0.380 e. The van der Waals surface area contributed by atoms with Gasteiger partial charge in [0.25, 0.3) is 0 Å². The standard InChI is InChI=1S/C12H24N4O/c1-4-7-13-11(9-17-6-3)8-12-14-10-15-16(12)5-2/h10-11,13H,4-9H2,1-3H3. The van der Waals surface area contributed by atoms with Crippen LogP contribution in [0.2, 0.25) is 0 Å². The number of aryl methyl sites for hydroxylation is 1. The number of hydrogen-bond donors (Lipinski definition) is 1. The van der Waals surface area contributed by atoms with Crippen molar-refractivity contribution in [1.82, 2.24) is 20.1 Å². The molecule has 0 saturated carbocycles. The lowest BCUT2D eigenvalue weighted by Gasteiger charge is -2.18. The van der Waals surface area contributed by atoms with E-state index in [1.165, 1.54) is 0 Å². The lowest BCUT2D eigenvalue weighted by molar-refractivity contribution is 0.121. The third-order valence-corrected chi connectivity index (χ3v) is 2.63. The predicted octanol–water partition coefficient (Wildman–Crippen LogP) is 1.25. The zero-order valence-corrected chi connectivity index (χ0v) is 11.1. The molecule has 0 fully saturated rings. The molecule has 0 radical (unpaired) electrons. The van der Waals surface area contributed by atoms with Gasteiger partial charge in [-0.2, -0.15) is 5.10 Å². The fourth-order valence-corrected chi connectivity index (χ4v) is 1.73. The van der Waals surface area contributed by atoms with Crippen molar-refractivity contribution in [1.29, 1.82) is 0 Å². The lowest BCUT2D eigenvalue weighted by Crippen LogP contribution is -2.36. The largest absolute Gasteiger partial charge is 0.380 e. The van der Waals surface area contributed by atoms with E-state index >= 15 is 0 Å². The molecule has 1 rings (SSSR count). The van der Waals surface area contributed by atoms with Crippen molar-refractivity contribution in [2.45, 2.75) is 46.2 Å². The van der Waals surface area contributed by atoms with E-state index in [9.17, 15) is 0 Å². The molecule has 17 heavy (non-hydrogen) atoms. The van der Waals surface area contributed by atoms with Crippen molar-refractivity contribution < 1.29 is 4.74 Å². The van der Waals surface area contributed by atoms with Gasteiger partial charge in [-0.15, -0.1) is 0 Å². The van der Waals surface area contributed by atoms with E-state index in [-0.39, 0.29) is 0 Å². The molecule has 1 aromatic rings. The van der Waals surface area contributed by atoms with Crippen LogP contribution in [0, 0.1) is 0 Å². The summed E-state index contributed by atoms with van der Waals surface area (Å²) in [5, 5.41) is 7.67. The maximum Gasteiger partial charge on any atom is 0.138 e. The van der Waals surface area contributed by atoms with E-state index in [4.69, 9.17) is 4.74 Å². The minimum atomic E-state index is 0.324. The normalized spacial score (nSPS) is 12.9. The van der Waals surface area contributed by atoms with Crippen LogP contribution < -0.4 is 5.32 Å². The first kappa shape index (κ1) is 14.1. The maximum atomic E-state index is 5.50. The molecule has 1 aromatic heterocycles. The third kappa shape index (κ3) is 4.83. The van der Waals surface area contributed by atoms with Gasteiger partial charge in [0.1, 0.15) is 12.2 Å². The Kier molecular flexibility index (Phi) is 6.81. The van der Waals surface area contributed by atoms with E-state index in [2.05, 4.69) is 29.2 Å². The summed E-state index contributed by atoms with van der Waals surface area (Å²) >= 11 is 0. The number of nitrogens with one attached hydrogen (secondary N) is 1. The first-order valence-electron chi connectivity index (χ1n) is 6.49. The number of nitrogens with zero attached hydrogens (tertiary/aromatic N) is 3. The first-order valence-corrected chi connectivity index (χ1v) is 6.49. The van der Waals surface area contributed by atoms with Crippen LogP contribution in [0.25, 0.3) is 0 Å². The van der Waals surface area contributed by atoms with E-state index in [0.717, 1.165) is 45.0 Å². The monoisotopic (exact) mass is 240 g/mol. The van der Waals surface area contributed by atoms with Gasteiger partial charge in [-0.1, -0.05) is 6.92 Å². The lowest BCUT2D eigenvalue weighted by atomic mass is 10.2. The maximum absolute atomic E-state index is 5.50. The van der Waals surface area contributed by atoms with E-state index in [1.54, 1.807) is 6.33 Å². The number of rotatable bonds is 9. The summed E-state index contributed by atoms with van der Waals surface area (Å²) < 4.78 is 7.43. The van der Waals surface area contributed by atoms with Crippen LogP contribution >= 0.6 is 0 Å². The Labute approximate surface area is 104 Å². The van der Waals surface area contributed by atoms with Crippen LogP contribution in [0.15, 0.2) is 6.33 Å². The average molecular weight is 240 g/mol. The smallest absolute Gasteiger partial charge is 0.138 e. The molecule has 0 amide bonds. The van der Waals surface area contributed by atoms with Crippen LogP contribution in [0.3, 0.4) is 0 Å². The highest BCUT2D eigenvalue weighted by molar-refractivity contribution is 4.89. The van der Waals surface area contributed by atoms with Crippen LogP contribution in [-0.4, -0.2) is 40.6 Å². The highest BCUT2D eigenvalue weighted by Gasteiger charge is 2.12. The Morgan fingerprint density at radius 1 is 1.41 bits per heavy atom. The first-order chi connectivity index (χ1) is 8.31. The second-order valence-corrected chi connectivity index (χ2v) is 4.01. The molecule has 0 aromatic carbocycles. The number of aromatic nitrogens is 3. The third-order valence-electron chi connectivity index (χ3n) is 2.63. The van der Waals surface area contributed by atoms with Crippen molar-refractivity contribution in [3.63, 3.8) is 0 Å². The Bertz CT molecular complexity index is 292. The molecule has 0 aliphatic rings. The minimum absolute atomic E-state index is 0.324. The topological polar surface area (TPSA) is 52.0 Å². The SMILES string of the molecule is CCCNC(COCC)Cc1ncnn1CC. The molecule has 1 heterocycles. The zero-order chi connectivity index (χ0) is 12.5. The fraction of sp³-hybridized carbons (Fsp3) is 0.833. The molecule has 0 saturated heterocycles. The number of hydrogen-bond acceptors (Lipinski definition) is 4. The van der Waals surface area contributed by atoms with E-state index < -0.39 is 0 Å². The second-order valence-electron chi connectivity index (χ2n) is 4.01. The van der Waals surface area contributed by atoms with Crippen LogP contribution in [0.1, 0.15) is 33.0 Å². The van der Waals surface area contributed by atoms with Crippen LogP contribution in [-0.2, 0) is 17.7 Å². The molecule has 98 valence electrons. The number of ether oxygens (including phenoxy) is 1. The quantitative estimate of drug-likeness (QED) is 0.705. The second kappa shape index (κ2) is 8.20. The Hall–Kier alpha value is -0.940. The molecule has 0 bridgehead atoms. The molecular weight excluding hydrogens is 216 g/mol. The predicted molar refractivity (Wildman–Crippen MR) is 68.0 cm³/mol. The molecule has 1 N–H and O–H groups in total. The van der Waals surface area contributed by atoms with Crippen molar-refractivity contribution in [3.05, 3.63) is 12.2 Å². The molecule has 1 atom stereocenters. The highest BCUT2D eigenvalue weighted by atomic mass is 16.5. The van der Waals surface area contributed by atoms with Gasteiger partial charge in [-0.05, 0) is 26.8 Å². The summed E-state index contributed by atoms with van der Waals surface area (Å²) in [5.41, 5.74) is 0.